The summed E-state index contributed by atoms with van der Waals surface area (Å²) in [6.07, 6.45) is 8.41. The SMILES string of the molecule is O=C(NC1CCC(n2nc(-c3ccncc3)ccc2=O)CC1)c1c[nH]c2ccccc12. The summed E-state index contributed by atoms with van der Waals surface area (Å²) in [5.74, 6) is -0.0594. The van der Waals surface area contributed by atoms with Gasteiger partial charge in [0.2, 0.25) is 0 Å². The zero-order valence-electron chi connectivity index (χ0n) is 17.0. The van der Waals surface area contributed by atoms with Gasteiger partial charge in [0.25, 0.3) is 11.5 Å². The Morgan fingerprint density at radius 2 is 1.77 bits per heavy atom. The van der Waals surface area contributed by atoms with Gasteiger partial charge in [-0.25, -0.2) is 4.68 Å². The third-order valence-corrected chi connectivity index (χ3v) is 6.01. The second-order valence-electron chi connectivity index (χ2n) is 7.96. The van der Waals surface area contributed by atoms with Gasteiger partial charge in [0.1, 0.15) is 0 Å². The van der Waals surface area contributed by atoms with E-state index in [1.54, 1.807) is 35.4 Å². The quantitative estimate of drug-likeness (QED) is 0.534. The first-order chi connectivity index (χ1) is 15.2. The van der Waals surface area contributed by atoms with Crippen molar-refractivity contribution in [3.8, 4) is 11.3 Å². The molecule has 3 aromatic heterocycles. The fourth-order valence-corrected chi connectivity index (χ4v) is 4.35. The van der Waals surface area contributed by atoms with Crippen LogP contribution in [-0.4, -0.2) is 31.7 Å². The van der Waals surface area contributed by atoms with Crippen LogP contribution in [0.25, 0.3) is 22.2 Å². The van der Waals surface area contributed by atoms with Gasteiger partial charge in [0.05, 0.1) is 17.3 Å². The van der Waals surface area contributed by atoms with Gasteiger partial charge in [-0.15, -0.1) is 0 Å². The zero-order valence-corrected chi connectivity index (χ0v) is 17.0. The minimum atomic E-state index is -0.0934. The minimum absolute atomic E-state index is 0.0375. The van der Waals surface area contributed by atoms with Gasteiger partial charge in [-0.2, -0.15) is 5.10 Å². The van der Waals surface area contributed by atoms with Crippen molar-refractivity contribution in [3.05, 3.63) is 83.0 Å². The first-order valence-electron chi connectivity index (χ1n) is 10.6. The monoisotopic (exact) mass is 413 g/mol. The number of para-hydroxylation sites is 1. The molecule has 156 valence electrons. The molecule has 4 aromatic rings. The maximum absolute atomic E-state index is 12.8. The Morgan fingerprint density at radius 1 is 1.00 bits per heavy atom. The summed E-state index contributed by atoms with van der Waals surface area (Å²) in [4.78, 5) is 32.4. The van der Waals surface area contributed by atoms with E-state index in [0.717, 1.165) is 47.8 Å². The van der Waals surface area contributed by atoms with Gasteiger partial charge in [-0.3, -0.25) is 14.6 Å². The normalized spacial score (nSPS) is 18.7. The van der Waals surface area contributed by atoms with E-state index in [1.165, 1.54) is 0 Å². The molecule has 2 N–H and O–H groups in total. The predicted octanol–water partition coefficient (Wildman–Crippen LogP) is 3.70. The van der Waals surface area contributed by atoms with Gasteiger partial charge in [-0.05, 0) is 49.9 Å². The molecule has 0 spiro atoms. The number of fused-ring (bicyclic) bond motifs is 1. The highest BCUT2D eigenvalue weighted by Crippen LogP contribution is 2.28. The summed E-state index contributed by atoms with van der Waals surface area (Å²) >= 11 is 0. The molecule has 5 rings (SSSR count). The van der Waals surface area contributed by atoms with Crippen LogP contribution in [0.5, 0.6) is 0 Å². The van der Waals surface area contributed by atoms with Crippen molar-refractivity contribution in [1.82, 2.24) is 25.1 Å². The fourth-order valence-electron chi connectivity index (χ4n) is 4.35. The third kappa shape index (κ3) is 3.86. The highest BCUT2D eigenvalue weighted by molar-refractivity contribution is 6.06. The number of hydrogen-bond donors (Lipinski definition) is 2. The number of H-pyrrole nitrogens is 1. The number of pyridine rings is 1. The number of amides is 1. The minimum Gasteiger partial charge on any atom is -0.360 e. The molecule has 1 aromatic carbocycles. The van der Waals surface area contributed by atoms with Crippen molar-refractivity contribution in [2.75, 3.05) is 0 Å². The molecule has 7 nitrogen and oxygen atoms in total. The molecule has 1 amide bonds. The molecular weight excluding hydrogens is 390 g/mol. The first-order valence-corrected chi connectivity index (χ1v) is 10.6. The van der Waals surface area contributed by atoms with Crippen molar-refractivity contribution in [2.45, 2.75) is 37.8 Å². The zero-order chi connectivity index (χ0) is 21.2. The van der Waals surface area contributed by atoms with E-state index in [4.69, 9.17) is 0 Å². The Hall–Kier alpha value is -3.74. The lowest BCUT2D eigenvalue weighted by molar-refractivity contribution is 0.0923. The number of nitrogens with one attached hydrogen (secondary N) is 2. The molecule has 1 aliphatic carbocycles. The number of nitrogens with zero attached hydrogens (tertiary/aromatic N) is 3. The summed E-state index contributed by atoms with van der Waals surface area (Å²) in [7, 11) is 0. The van der Waals surface area contributed by atoms with Crippen molar-refractivity contribution >= 4 is 16.8 Å². The molecule has 31 heavy (non-hydrogen) atoms. The van der Waals surface area contributed by atoms with E-state index in [0.29, 0.717) is 5.56 Å². The smallest absolute Gasteiger partial charge is 0.267 e. The average molecular weight is 413 g/mol. The molecule has 0 aliphatic heterocycles. The molecule has 0 unspecified atom stereocenters. The summed E-state index contributed by atoms with van der Waals surface area (Å²) in [6.45, 7) is 0. The maximum Gasteiger partial charge on any atom is 0.267 e. The lowest BCUT2D eigenvalue weighted by Crippen LogP contribution is -2.39. The van der Waals surface area contributed by atoms with Crippen molar-refractivity contribution in [3.63, 3.8) is 0 Å². The number of hydrogen-bond acceptors (Lipinski definition) is 4. The topological polar surface area (TPSA) is 92.7 Å². The molecule has 0 saturated heterocycles. The molecule has 3 heterocycles. The molecule has 0 atom stereocenters. The average Bonchev–Trinajstić information content (AvgIpc) is 3.25. The van der Waals surface area contributed by atoms with Crippen LogP contribution < -0.4 is 10.9 Å². The summed E-state index contributed by atoms with van der Waals surface area (Å²) in [5, 5.41) is 8.70. The van der Waals surface area contributed by atoms with E-state index in [-0.39, 0.29) is 23.6 Å². The molecule has 1 saturated carbocycles. The Balaban J connectivity index is 1.26. The molecular formula is C24H23N5O2. The standard InChI is InChI=1S/C24H23N5O2/c30-23-10-9-21(16-11-13-25-14-12-16)28-29(23)18-7-5-17(6-8-18)27-24(31)20-15-26-22-4-2-1-3-19(20)22/h1-4,9-15,17-18,26H,5-8H2,(H,27,31). The number of carbonyl (C=O) groups excluding carboxylic acids is 1. The van der Waals surface area contributed by atoms with Gasteiger partial charge >= 0.3 is 0 Å². The Bertz CT molecular complexity index is 1270. The maximum atomic E-state index is 12.8. The number of rotatable bonds is 4. The second-order valence-corrected chi connectivity index (χ2v) is 7.96. The van der Waals surface area contributed by atoms with Gasteiger partial charge < -0.3 is 10.3 Å². The molecule has 0 radical (unpaired) electrons. The van der Waals surface area contributed by atoms with Crippen LogP contribution >= 0.6 is 0 Å². The van der Waals surface area contributed by atoms with Gasteiger partial charge in [-0.1, -0.05) is 18.2 Å². The van der Waals surface area contributed by atoms with Crippen LogP contribution in [-0.2, 0) is 0 Å². The van der Waals surface area contributed by atoms with E-state index in [1.807, 2.05) is 36.4 Å². The Labute approximate surface area is 179 Å². The third-order valence-electron chi connectivity index (χ3n) is 6.01. The largest absolute Gasteiger partial charge is 0.360 e. The van der Waals surface area contributed by atoms with Crippen LogP contribution in [0.1, 0.15) is 42.1 Å². The van der Waals surface area contributed by atoms with E-state index >= 15 is 0 Å². The summed E-state index contributed by atoms with van der Waals surface area (Å²) in [5.41, 5.74) is 3.22. The van der Waals surface area contributed by atoms with Crippen LogP contribution in [0.15, 0.2) is 71.9 Å². The van der Waals surface area contributed by atoms with E-state index in [9.17, 15) is 9.59 Å². The van der Waals surface area contributed by atoms with Crippen LogP contribution in [0, 0.1) is 0 Å². The molecule has 1 fully saturated rings. The number of carbonyl (C=O) groups is 1. The number of aromatic amines is 1. The van der Waals surface area contributed by atoms with Crippen LogP contribution in [0.4, 0.5) is 0 Å². The lowest BCUT2D eigenvalue weighted by atomic mass is 9.91. The number of aromatic nitrogens is 4. The lowest BCUT2D eigenvalue weighted by Gasteiger charge is -2.29. The predicted molar refractivity (Wildman–Crippen MR) is 119 cm³/mol. The second kappa shape index (κ2) is 8.18. The summed E-state index contributed by atoms with van der Waals surface area (Å²) in [6, 6.07) is 15.0. The van der Waals surface area contributed by atoms with Crippen LogP contribution in [0.2, 0.25) is 0 Å². The first kappa shape index (κ1) is 19.2. The molecule has 7 heteroatoms. The van der Waals surface area contributed by atoms with Crippen molar-refractivity contribution < 1.29 is 4.79 Å². The highest BCUT2D eigenvalue weighted by atomic mass is 16.2. The molecule has 0 bridgehead atoms. The highest BCUT2D eigenvalue weighted by Gasteiger charge is 2.26. The number of benzene rings is 1. The van der Waals surface area contributed by atoms with E-state index < -0.39 is 0 Å². The summed E-state index contributed by atoms with van der Waals surface area (Å²) < 4.78 is 1.60. The Kier molecular flexibility index (Phi) is 5.08. The van der Waals surface area contributed by atoms with Gasteiger partial charge in [0.15, 0.2) is 0 Å². The van der Waals surface area contributed by atoms with E-state index in [2.05, 4.69) is 20.4 Å². The van der Waals surface area contributed by atoms with Crippen LogP contribution in [0.3, 0.4) is 0 Å². The fraction of sp³-hybridized carbons (Fsp3) is 0.250. The van der Waals surface area contributed by atoms with Crippen molar-refractivity contribution in [1.29, 1.82) is 0 Å². The Morgan fingerprint density at radius 3 is 2.58 bits per heavy atom. The van der Waals surface area contributed by atoms with Crippen molar-refractivity contribution in [2.24, 2.45) is 0 Å². The molecule has 1 aliphatic rings. The van der Waals surface area contributed by atoms with Gasteiger partial charge in [0, 0.05) is 47.2 Å².